The van der Waals surface area contributed by atoms with Gasteiger partial charge in [0.05, 0.1) is 35.0 Å². The second kappa shape index (κ2) is 7.06. The number of methoxy groups -OCH3 is 2. The van der Waals surface area contributed by atoms with Crippen molar-refractivity contribution in [1.29, 1.82) is 0 Å². The number of anilines is 1. The van der Waals surface area contributed by atoms with Gasteiger partial charge in [-0.1, -0.05) is 47.2 Å². The normalized spacial score (nSPS) is 10.9. The van der Waals surface area contributed by atoms with E-state index >= 15 is 0 Å². The predicted octanol–water partition coefficient (Wildman–Crippen LogP) is 5.37. The molecule has 1 amide bonds. The summed E-state index contributed by atoms with van der Waals surface area (Å²) in [6, 6.07) is 15.0. The molecule has 1 aromatic heterocycles. The molecule has 1 N–H and O–H groups in total. The molecule has 4 aromatic rings. The lowest BCUT2D eigenvalue weighted by Gasteiger charge is -2.09. The summed E-state index contributed by atoms with van der Waals surface area (Å²) >= 11 is 7.50. The van der Waals surface area contributed by atoms with E-state index in [1.807, 2.05) is 42.5 Å². The fourth-order valence-electron chi connectivity index (χ4n) is 2.87. The minimum atomic E-state index is -0.283. The van der Waals surface area contributed by atoms with E-state index < -0.39 is 0 Å². The van der Waals surface area contributed by atoms with E-state index in [2.05, 4.69) is 10.3 Å². The molecule has 4 rings (SSSR count). The maximum atomic E-state index is 12.8. The molecule has 0 bridgehead atoms. The van der Waals surface area contributed by atoms with Crippen LogP contribution in [0.3, 0.4) is 0 Å². The first-order valence-electron chi connectivity index (χ1n) is 8.11. The van der Waals surface area contributed by atoms with E-state index in [9.17, 15) is 4.79 Å². The summed E-state index contributed by atoms with van der Waals surface area (Å²) in [5.74, 6) is 0.800. The number of rotatable bonds is 4. The molecule has 7 heteroatoms. The number of hydrogen-bond acceptors (Lipinski definition) is 5. The third-order valence-electron chi connectivity index (χ3n) is 4.19. The van der Waals surface area contributed by atoms with Gasteiger partial charge in [-0.2, -0.15) is 0 Å². The number of nitrogens with zero attached hydrogens (tertiary/aromatic N) is 1. The Morgan fingerprint density at radius 2 is 1.74 bits per heavy atom. The Morgan fingerprint density at radius 1 is 1.04 bits per heavy atom. The van der Waals surface area contributed by atoms with Gasteiger partial charge in [-0.05, 0) is 29.0 Å². The van der Waals surface area contributed by atoms with Crippen molar-refractivity contribution < 1.29 is 14.3 Å². The van der Waals surface area contributed by atoms with Crippen LogP contribution >= 0.6 is 22.9 Å². The molecule has 0 atom stereocenters. The second-order valence-electron chi connectivity index (χ2n) is 5.83. The van der Waals surface area contributed by atoms with Gasteiger partial charge in [0.2, 0.25) is 0 Å². The second-order valence-corrected chi connectivity index (χ2v) is 7.27. The van der Waals surface area contributed by atoms with Crippen LogP contribution in [-0.2, 0) is 0 Å². The van der Waals surface area contributed by atoms with Crippen molar-refractivity contribution >= 4 is 55.0 Å². The molecule has 0 radical (unpaired) electrons. The summed E-state index contributed by atoms with van der Waals surface area (Å²) in [7, 11) is 3.11. The van der Waals surface area contributed by atoms with E-state index in [0.29, 0.717) is 32.7 Å². The van der Waals surface area contributed by atoms with E-state index in [0.717, 1.165) is 15.5 Å². The largest absolute Gasteiger partial charge is 0.496 e. The molecule has 0 aliphatic heterocycles. The number of benzene rings is 3. The van der Waals surface area contributed by atoms with Gasteiger partial charge in [-0.3, -0.25) is 10.1 Å². The molecule has 3 aromatic carbocycles. The van der Waals surface area contributed by atoms with E-state index in [-0.39, 0.29) is 5.91 Å². The maximum absolute atomic E-state index is 12.8. The third kappa shape index (κ3) is 3.29. The van der Waals surface area contributed by atoms with Crippen LogP contribution in [0, 0.1) is 0 Å². The van der Waals surface area contributed by atoms with Crippen LogP contribution in [0.4, 0.5) is 5.13 Å². The summed E-state index contributed by atoms with van der Waals surface area (Å²) in [5, 5.41) is 5.78. The Hall–Kier alpha value is -2.83. The number of ether oxygens (including phenoxy) is 2. The van der Waals surface area contributed by atoms with Gasteiger partial charge in [0.15, 0.2) is 5.13 Å². The fraction of sp³-hybridized carbons (Fsp3) is 0.100. The van der Waals surface area contributed by atoms with Crippen LogP contribution in [0.15, 0.2) is 48.5 Å². The minimum absolute atomic E-state index is 0.283. The highest BCUT2D eigenvalue weighted by atomic mass is 35.5. The van der Waals surface area contributed by atoms with E-state index in [1.165, 1.54) is 11.3 Å². The van der Waals surface area contributed by atoms with Gasteiger partial charge in [-0.15, -0.1) is 0 Å². The average Bonchev–Trinajstić information content (AvgIpc) is 3.06. The van der Waals surface area contributed by atoms with Crippen LogP contribution in [0.5, 0.6) is 11.5 Å². The minimum Gasteiger partial charge on any atom is -0.496 e. The van der Waals surface area contributed by atoms with Crippen LogP contribution in [-0.4, -0.2) is 25.1 Å². The average molecular weight is 399 g/mol. The Bertz CT molecular complexity index is 1170. The first-order valence-corrected chi connectivity index (χ1v) is 9.30. The van der Waals surface area contributed by atoms with Crippen molar-refractivity contribution in [2.45, 2.75) is 0 Å². The third-order valence-corrected chi connectivity index (χ3v) is 5.42. The Balaban J connectivity index is 1.69. The first-order chi connectivity index (χ1) is 13.1. The van der Waals surface area contributed by atoms with Gasteiger partial charge in [-0.25, -0.2) is 4.98 Å². The number of thiazole rings is 1. The maximum Gasteiger partial charge on any atom is 0.261 e. The highest BCUT2D eigenvalue weighted by molar-refractivity contribution is 7.22. The fourth-order valence-corrected chi connectivity index (χ4v) is 3.98. The van der Waals surface area contributed by atoms with Crippen molar-refractivity contribution in [1.82, 2.24) is 4.98 Å². The molecule has 0 saturated carbocycles. The summed E-state index contributed by atoms with van der Waals surface area (Å²) < 4.78 is 11.5. The number of fused-ring (bicyclic) bond motifs is 2. The highest BCUT2D eigenvalue weighted by Crippen LogP contribution is 2.35. The smallest absolute Gasteiger partial charge is 0.261 e. The Kier molecular flexibility index (Phi) is 4.59. The summed E-state index contributed by atoms with van der Waals surface area (Å²) in [6.07, 6.45) is 0. The Morgan fingerprint density at radius 3 is 2.44 bits per heavy atom. The van der Waals surface area contributed by atoms with Crippen LogP contribution < -0.4 is 14.8 Å². The predicted molar refractivity (Wildman–Crippen MR) is 110 cm³/mol. The molecule has 1 heterocycles. The van der Waals surface area contributed by atoms with Crippen LogP contribution in [0.1, 0.15) is 10.4 Å². The number of amides is 1. The molecule has 0 saturated heterocycles. The topological polar surface area (TPSA) is 60.5 Å². The molecule has 0 unspecified atom stereocenters. The van der Waals surface area contributed by atoms with E-state index in [1.54, 1.807) is 20.3 Å². The van der Waals surface area contributed by atoms with Crippen molar-refractivity contribution in [2.24, 2.45) is 0 Å². The summed E-state index contributed by atoms with van der Waals surface area (Å²) in [5.41, 5.74) is 1.15. The van der Waals surface area contributed by atoms with Gasteiger partial charge in [0.25, 0.3) is 5.91 Å². The number of carbonyl (C=O) groups excluding carboxylic acids is 1. The van der Waals surface area contributed by atoms with Gasteiger partial charge in [0.1, 0.15) is 11.5 Å². The van der Waals surface area contributed by atoms with Gasteiger partial charge in [0, 0.05) is 6.07 Å². The molecule has 0 aliphatic carbocycles. The van der Waals surface area contributed by atoms with Crippen LogP contribution in [0.2, 0.25) is 5.02 Å². The molecular formula is C20H15ClN2O3S. The SMILES string of the molecule is COc1cc2sc(NC(=O)c3cc4ccccc4cc3OC)nc2cc1Cl. The van der Waals surface area contributed by atoms with Gasteiger partial charge >= 0.3 is 0 Å². The molecule has 0 fully saturated rings. The standard InChI is InChI=1S/C20H15ClN2O3S/c1-25-16-8-12-6-4-3-5-11(12)7-13(16)19(24)23-20-22-15-9-14(21)17(26-2)10-18(15)27-20/h3-10H,1-2H3,(H,22,23,24). The molecule has 0 spiro atoms. The lowest BCUT2D eigenvalue weighted by molar-refractivity contribution is 0.102. The zero-order valence-corrected chi connectivity index (χ0v) is 16.1. The molecule has 136 valence electrons. The number of hydrogen-bond donors (Lipinski definition) is 1. The molecule has 5 nitrogen and oxygen atoms in total. The van der Waals surface area contributed by atoms with Crippen molar-refractivity contribution in [3.8, 4) is 11.5 Å². The zero-order valence-electron chi connectivity index (χ0n) is 14.6. The summed E-state index contributed by atoms with van der Waals surface area (Å²) in [4.78, 5) is 17.3. The zero-order chi connectivity index (χ0) is 19.0. The van der Waals surface area contributed by atoms with Crippen molar-refractivity contribution in [2.75, 3.05) is 19.5 Å². The molecule has 0 aliphatic rings. The lowest BCUT2D eigenvalue weighted by atomic mass is 10.1. The molecular weight excluding hydrogens is 384 g/mol. The van der Waals surface area contributed by atoms with E-state index in [4.69, 9.17) is 21.1 Å². The molecule has 27 heavy (non-hydrogen) atoms. The first kappa shape index (κ1) is 17.6. The number of carbonyl (C=O) groups is 1. The van der Waals surface area contributed by atoms with Crippen LogP contribution in [0.25, 0.3) is 21.0 Å². The lowest BCUT2D eigenvalue weighted by Crippen LogP contribution is -2.13. The van der Waals surface area contributed by atoms with Crippen molar-refractivity contribution in [3.63, 3.8) is 0 Å². The number of halogens is 1. The number of aromatic nitrogens is 1. The quantitative estimate of drug-likeness (QED) is 0.501. The monoisotopic (exact) mass is 398 g/mol. The highest BCUT2D eigenvalue weighted by Gasteiger charge is 2.16. The summed E-state index contributed by atoms with van der Waals surface area (Å²) in [6.45, 7) is 0. The number of nitrogens with one attached hydrogen (secondary N) is 1. The Labute approximate surface area is 164 Å². The van der Waals surface area contributed by atoms with Gasteiger partial charge < -0.3 is 9.47 Å². The van der Waals surface area contributed by atoms with Crippen molar-refractivity contribution in [3.05, 3.63) is 59.1 Å².